The largest absolute Gasteiger partial charge is 0.398 e. The third-order valence-corrected chi connectivity index (χ3v) is 3.05. The molecule has 0 saturated carbocycles. The summed E-state index contributed by atoms with van der Waals surface area (Å²) in [6, 6.07) is 1.86. The lowest BCUT2D eigenvalue weighted by molar-refractivity contribution is -0.102. The van der Waals surface area contributed by atoms with Crippen LogP contribution in [0.4, 0.5) is 5.69 Å². The number of nitrogen functional groups attached to an aromatic ring is 1. The molecule has 5 heteroatoms. The molecule has 18 heavy (non-hydrogen) atoms. The molecule has 1 aromatic rings. The molecule has 1 fully saturated rings. The molecule has 1 aliphatic rings. The number of nitrogens with zero attached hydrogens (tertiary/aromatic N) is 1. The second-order valence-corrected chi connectivity index (χ2v) is 4.42. The molecular formula is C13H21N3O2. The fourth-order valence-electron chi connectivity index (χ4n) is 2.12. The summed E-state index contributed by atoms with van der Waals surface area (Å²) in [4.78, 5) is 4.15. The fourth-order valence-corrected chi connectivity index (χ4v) is 2.12. The van der Waals surface area contributed by atoms with Crippen LogP contribution in [0.5, 0.6) is 0 Å². The monoisotopic (exact) mass is 251 g/mol. The first kappa shape index (κ1) is 13.3. The predicted molar refractivity (Wildman–Crippen MR) is 70.2 cm³/mol. The number of hydrogen-bond donors (Lipinski definition) is 2. The summed E-state index contributed by atoms with van der Waals surface area (Å²) in [7, 11) is 0. The molecule has 3 N–H and O–H groups in total. The van der Waals surface area contributed by atoms with E-state index >= 15 is 0 Å². The van der Waals surface area contributed by atoms with Crippen molar-refractivity contribution in [2.24, 2.45) is 0 Å². The Balaban J connectivity index is 2.15. The third-order valence-electron chi connectivity index (χ3n) is 3.05. The Hall–Kier alpha value is -1.17. The second-order valence-electron chi connectivity index (χ2n) is 4.42. The highest BCUT2D eigenvalue weighted by Gasteiger charge is 2.27. The summed E-state index contributed by atoms with van der Waals surface area (Å²) >= 11 is 0. The van der Waals surface area contributed by atoms with Gasteiger partial charge in [0.05, 0.1) is 25.9 Å². The number of anilines is 1. The van der Waals surface area contributed by atoms with Gasteiger partial charge in [0, 0.05) is 23.6 Å². The van der Waals surface area contributed by atoms with Crippen molar-refractivity contribution >= 4 is 5.69 Å². The highest BCUT2D eigenvalue weighted by Crippen LogP contribution is 2.25. The maximum absolute atomic E-state index is 6.02. The van der Waals surface area contributed by atoms with E-state index in [0.29, 0.717) is 19.8 Å². The summed E-state index contributed by atoms with van der Waals surface area (Å²) in [5, 5.41) is 3.47. The predicted octanol–water partition coefficient (Wildman–Crippen LogP) is 1.12. The third kappa shape index (κ3) is 3.19. The van der Waals surface area contributed by atoms with E-state index in [1.807, 2.05) is 6.07 Å². The van der Waals surface area contributed by atoms with Crippen LogP contribution in [-0.2, 0) is 9.47 Å². The fraction of sp³-hybridized carbons (Fsp3) is 0.615. The molecule has 2 unspecified atom stereocenters. The van der Waals surface area contributed by atoms with E-state index in [2.05, 4.69) is 17.2 Å². The molecule has 2 heterocycles. The standard InChI is InChI=1S/C13H21N3O2/c1-2-4-16-13(12-9-17-6-7-18-12)10-8-15-5-3-11(10)14/h3,5,8,12-13,16H,2,4,6-7,9H2,1H3,(H2,14,15). The molecule has 0 radical (unpaired) electrons. The molecule has 2 atom stereocenters. The van der Waals surface area contributed by atoms with Gasteiger partial charge in [0.15, 0.2) is 0 Å². The molecule has 2 rings (SSSR count). The first-order chi connectivity index (χ1) is 8.83. The highest BCUT2D eigenvalue weighted by atomic mass is 16.6. The minimum absolute atomic E-state index is 0.00296. The number of nitrogens with one attached hydrogen (secondary N) is 1. The van der Waals surface area contributed by atoms with Gasteiger partial charge >= 0.3 is 0 Å². The van der Waals surface area contributed by atoms with Gasteiger partial charge in [-0.05, 0) is 19.0 Å². The lowest BCUT2D eigenvalue weighted by Crippen LogP contribution is -2.41. The summed E-state index contributed by atoms with van der Waals surface area (Å²) in [5.74, 6) is 0. The molecule has 1 saturated heterocycles. The zero-order valence-electron chi connectivity index (χ0n) is 10.8. The number of aromatic nitrogens is 1. The van der Waals surface area contributed by atoms with Crippen molar-refractivity contribution in [2.75, 3.05) is 32.1 Å². The molecule has 0 aliphatic carbocycles. The van der Waals surface area contributed by atoms with Crippen LogP contribution in [-0.4, -0.2) is 37.5 Å². The van der Waals surface area contributed by atoms with Crippen LogP contribution in [0.15, 0.2) is 18.5 Å². The van der Waals surface area contributed by atoms with Crippen molar-refractivity contribution in [3.63, 3.8) is 0 Å². The lowest BCUT2D eigenvalue weighted by Gasteiger charge is -2.31. The SMILES string of the molecule is CCCNC(c1cnccc1N)C1COCCO1. The van der Waals surface area contributed by atoms with E-state index < -0.39 is 0 Å². The van der Waals surface area contributed by atoms with Gasteiger partial charge in [-0.15, -0.1) is 0 Å². The topological polar surface area (TPSA) is 69.4 Å². The van der Waals surface area contributed by atoms with E-state index in [4.69, 9.17) is 15.2 Å². The Bertz CT molecular complexity index is 367. The summed E-state index contributed by atoms with van der Waals surface area (Å²) < 4.78 is 11.3. The molecule has 0 aromatic carbocycles. The Morgan fingerprint density at radius 1 is 1.56 bits per heavy atom. The van der Waals surface area contributed by atoms with Crippen LogP contribution < -0.4 is 11.1 Å². The molecule has 1 aromatic heterocycles. The minimum Gasteiger partial charge on any atom is -0.398 e. The zero-order valence-corrected chi connectivity index (χ0v) is 10.8. The summed E-state index contributed by atoms with van der Waals surface area (Å²) in [6.45, 7) is 4.94. The molecule has 0 spiro atoms. The van der Waals surface area contributed by atoms with Crippen LogP contribution in [0.3, 0.4) is 0 Å². The molecular weight excluding hydrogens is 230 g/mol. The van der Waals surface area contributed by atoms with Gasteiger partial charge in [0.2, 0.25) is 0 Å². The molecule has 100 valence electrons. The smallest absolute Gasteiger partial charge is 0.100 e. The number of rotatable bonds is 5. The number of ether oxygens (including phenoxy) is 2. The van der Waals surface area contributed by atoms with Crippen molar-refractivity contribution in [3.8, 4) is 0 Å². The highest BCUT2D eigenvalue weighted by molar-refractivity contribution is 5.46. The number of pyridine rings is 1. The Kier molecular flexibility index (Phi) is 4.92. The quantitative estimate of drug-likeness (QED) is 0.820. The van der Waals surface area contributed by atoms with E-state index in [0.717, 1.165) is 24.2 Å². The van der Waals surface area contributed by atoms with Gasteiger partial charge in [-0.1, -0.05) is 6.92 Å². The van der Waals surface area contributed by atoms with Crippen molar-refractivity contribution in [3.05, 3.63) is 24.0 Å². The van der Waals surface area contributed by atoms with Gasteiger partial charge < -0.3 is 20.5 Å². The van der Waals surface area contributed by atoms with Crippen molar-refractivity contribution < 1.29 is 9.47 Å². The first-order valence-corrected chi connectivity index (χ1v) is 6.45. The van der Waals surface area contributed by atoms with Crippen LogP contribution in [0, 0.1) is 0 Å². The molecule has 0 amide bonds. The molecule has 0 bridgehead atoms. The van der Waals surface area contributed by atoms with E-state index in [-0.39, 0.29) is 12.1 Å². The average molecular weight is 251 g/mol. The Morgan fingerprint density at radius 2 is 2.44 bits per heavy atom. The normalized spacial score (nSPS) is 21.7. The summed E-state index contributed by atoms with van der Waals surface area (Å²) in [5.41, 5.74) is 7.75. The maximum atomic E-state index is 6.02. The maximum Gasteiger partial charge on any atom is 0.100 e. The van der Waals surface area contributed by atoms with E-state index in [1.165, 1.54) is 0 Å². The van der Waals surface area contributed by atoms with Crippen LogP contribution in [0.1, 0.15) is 24.9 Å². The number of hydrogen-bond acceptors (Lipinski definition) is 5. The minimum atomic E-state index is -0.00296. The van der Waals surface area contributed by atoms with Crippen LogP contribution in [0.2, 0.25) is 0 Å². The van der Waals surface area contributed by atoms with Gasteiger partial charge in [-0.25, -0.2) is 0 Å². The average Bonchev–Trinajstić information content (AvgIpc) is 2.42. The lowest BCUT2D eigenvalue weighted by atomic mass is 10.0. The van der Waals surface area contributed by atoms with Crippen molar-refractivity contribution in [1.29, 1.82) is 0 Å². The second kappa shape index (κ2) is 6.68. The van der Waals surface area contributed by atoms with Crippen LogP contribution >= 0.6 is 0 Å². The Morgan fingerprint density at radius 3 is 3.11 bits per heavy atom. The van der Waals surface area contributed by atoms with Gasteiger partial charge in [0.1, 0.15) is 6.10 Å². The van der Waals surface area contributed by atoms with Crippen LogP contribution in [0.25, 0.3) is 0 Å². The van der Waals surface area contributed by atoms with E-state index in [1.54, 1.807) is 12.4 Å². The van der Waals surface area contributed by atoms with Crippen molar-refractivity contribution in [1.82, 2.24) is 10.3 Å². The van der Waals surface area contributed by atoms with Gasteiger partial charge in [-0.2, -0.15) is 0 Å². The molecule has 5 nitrogen and oxygen atoms in total. The Labute approximate surface area is 108 Å². The molecule has 1 aliphatic heterocycles. The zero-order chi connectivity index (χ0) is 12.8. The summed E-state index contributed by atoms with van der Waals surface area (Å²) in [6.07, 6.45) is 4.57. The van der Waals surface area contributed by atoms with Crippen molar-refractivity contribution in [2.45, 2.75) is 25.5 Å². The number of nitrogens with two attached hydrogens (primary N) is 1. The van der Waals surface area contributed by atoms with Gasteiger partial charge in [-0.3, -0.25) is 4.98 Å². The van der Waals surface area contributed by atoms with Gasteiger partial charge in [0.25, 0.3) is 0 Å². The first-order valence-electron chi connectivity index (χ1n) is 6.45. The van der Waals surface area contributed by atoms with E-state index in [9.17, 15) is 0 Å².